The molecule has 0 atom stereocenters. The minimum Gasteiger partial charge on any atom is -0.294 e. The fourth-order valence-corrected chi connectivity index (χ4v) is 3.29. The molecule has 4 rings (SSSR count). The number of rotatable bonds is 2. The second kappa shape index (κ2) is 4.81. The SMILES string of the molecule is O=C(c1cccc2ccncc12)C1Cc2ccccc2C1. The quantitative estimate of drug-likeness (QED) is 0.664. The molecule has 0 N–H and O–H groups in total. The molecule has 2 aromatic carbocycles. The van der Waals surface area contributed by atoms with Gasteiger partial charge >= 0.3 is 0 Å². The Morgan fingerprint density at radius 2 is 1.71 bits per heavy atom. The van der Waals surface area contributed by atoms with Crippen molar-refractivity contribution in [2.75, 3.05) is 0 Å². The third-order valence-electron chi connectivity index (χ3n) is 4.37. The molecule has 21 heavy (non-hydrogen) atoms. The highest BCUT2D eigenvalue weighted by atomic mass is 16.1. The minimum atomic E-state index is 0.0632. The monoisotopic (exact) mass is 273 g/mol. The normalized spacial score (nSPS) is 14.3. The van der Waals surface area contributed by atoms with Gasteiger partial charge in [-0.1, -0.05) is 42.5 Å². The smallest absolute Gasteiger partial charge is 0.167 e. The zero-order chi connectivity index (χ0) is 14.2. The van der Waals surface area contributed by atoms with Gasteiger partial charge in [0.1, 0.15) is 0 Å². The summed E-state index contributed by atoms with van der Waals surface area (Å²) in [5.74, 6) is 0.304. The van der Waals surface area contributed by atoms with Crippen LogP contribution in [0.1, 0.15) is 21.5 Å². The first-order valence-corrected chi connectivity index (χ1v) is 7.26. The standard InChI is InChI=1S/C19H15NO/c21-19(16-10-14-4-1-2-5-15(14)11-16)17-7-3-6-13-8-9-20-12-18(13)17/h1-9,12,16H,10-11H2. The predicted octanol–water partition coefficient (Wildman–Crippen LogP) is 3.83. The molecule has 0 radical (unpaired) electrons. The predicted molar refractivity (Wildman–Crippen MR) is 83.4 cm³/mol. The number of benzene rings is 2. The highest BCUT2D eigenvalue weighted by Gasteiger charge is 2.28. The van der Waals surface area contributed by atoms with Crippen LogP contribution >= 0.6 is 0 Å². The number of nitrogens with zero attached hydrogens (tertiary/aromatic N) is 1. The minimum absolute atomic E-state index is 0.0632. The molecule has 1 aromatic heterocycles. The van der Waals surface area contributed by atoms with Crippen LogP contribution < -0.4 is 0 Å². The Labute approximate surface area is 123 Å². The summed E-state index contributed by atoms with van der Waals surface area (Å²) in [5, 5.41) is 2.03. The van der Waals surface area contributed by atoms with Crippen LogP contribution in [-0.4, -0.2) is 10.8 Å². The largest absolute Gasteiger partial charge is 0.294 e. The number of carbonyl (C=O) groups is 1. The molecule has 102 valence electrons. The van der Waals surface area contributed by atoms with Crippen molar-refractivity contribution < 1.29 is 4.79 Å². The molecule has 1 aliphatic carbocycles. The number of ketones is 1. The molecule has 3 aromatic rings. The van der Waals surface area contributed by atoms with Crippen molar-refractivity contribution in [1.29, 1.82) is 0 Å². The van der Waals surface area contributed by atoms with Crippen LogP contribution in [0.2, 0.25) is 0 Å². The van der Waals surface area contributed by atoms with Gasteiger partial charge < -0.3 is 0 Å². The molecule has 0 bridgehead atoms. The molecule has 0 spiro atoms. The Morgan fingerprint density at radius 3 is 2.48 bits per heavy atom. The molecule has 2 nitrogen and oxygen atoms in total. The van der Waals surface area contributed by atoms with Gasteiger partial charge in [-0.2, -0.15) is 0 Å². The van der Waals surface area contributed by atoms with Crippen LogP contribution in [-0.2, 0) is 12.8 Å². The van der Waals surface area contributed by atoms with Gasteiger partial charge in [0.2, 0.25) is 0 Å². The Bertz CT molecular complexity index is 807. The summed E-state index contributed by atoms with van der Waals surface area (Å²) in [6.45, 7) is 0. The maximum Gasteiger partial charge on any atom is 0.167 e. The van der Waals surface area contributed by atoms with Gasteiger partial charge in [-0.25, -0.2) is 0 Å². The van der Waals surface area contributed by atoms with E-state index in [4.69, 9.17) is 0 Å². The Hall–Kier alpha value is -2.48. The van der Waals surface area contributed by atoms with Gasteiger partial charge in [-0.3, -0.25) is 9.78 Å². The average Bonchev–Trinajstić information content (AvgIpc) is 2.97. The molecule has 0 unspecified atom stereocenters. The summed E-state index contributed by atoms with van der Waals surface area (Å²) in [6.07, 6.45) is 5.27. The lowest BCUT2D eigenvalue weighted by Crippen LogP contribution is -2.15. The van der Waals surface area contributed by atoms with Crippen molar-refractivity contribution in [1.82, 2.24) is 4.98 Å². The zero-order valence-corrected chi connectivity index (χ0v) is 11.6. The van der Waals surface area contributed by atoms with Crippen LogP contribution in [0, 0.1) is 5.92 Å². The third-order valence-corrected chi connectivity index (χ3v) is 4.37. The van der Waals surface area contributed by atoms with Crippen molar-refractivity contribution in [3.8, 4) is 0 Å². The second-order valence-corrected chi connectivity index (χ2v) is 5.64. The molecule has 0 amide bonds. The van der Waals surface area contributed by atoms with E-state index in [0.717, 1.165) is 29.2 Å². The first-order valence-electron chi connectivity index (χ1n) is 7.26. The Balaban J connectivity index is 1.72. The van der Waals surface area contributed by atoms with Gasteiger partial charge in [0.05, 0.1) is 0 Å². The van der Waals surface area contributed by atoms with Crippen LogP contribution in [0.15, 0.2) is 60.9 Å². The van der Waals surface area contributed by atoms with Gasteiger partial charge in [-0.05, 0) is 35.4 Å². The lowest BCUT2D eigenvalue weighted by Gasteiger charge is -2.10. The molecule has 0 fully saturated rings. The summed E-state index contributed by atoms with van der Waals surface area (Å²) in [6, 6.07) is 16.2. The number of hydrogen-bond acceptors (Lipinski definition) is 2. The summed E-state index contributed by atoms with van der Waals surface area (Å²) < 4.78 is 0. The Morgan fingerprint density at radius 1 is 0.952 bits per heavy atom. The van der Waals surface area contributed by atoms with Crippen molar-refractivity contribution in [3.63, 3.8) is 0 Å². The topological polar surface area (TPSA) is 30.0 Å². The fraction of sp³-hybridized carbons (Fsp3) is 0.158. The van der Waals surface area contributed by atoms with E-state index in [9.17, 15) is 4.79 Å². The van der Waals surface area contributed by atoms with E-state index in [1.807, 2.05) is 36.4 Å². The second-order valence-electron chi connectivity index (χ2n) is 5.64. The zero-order valence-electron chi connectivity index (χ0n) is 11.6. The first kappa shape index (κ1) is 12.3. The van der Waals surface area contributed by atoms with E-state index in [0.29, 0.717) is 0 Å². The van der Waals surface area contributed by atoms with Gasteiger partial charge in [0, 0.05) is 29.3 Å². The van der Waals surface area contributed by atoms with Gasteiger partial charge in [0.25, 0.3) is 0 Å². The van der Waals surface area contributed by atoms with Crippen molar-refractivity contribution in [3.05, 3.63) is 77.6 Å². The van der Waals surface area contributed by atoms with E-state index in [1.54, 1.807) is 12.4 Å². The van der Waals surface area contributed by atoms with Crippen LogP contribution in [0.5, 0.6) is 0 Å². The number of hydrogen-bond donors (Lipinski definition) is 0. The molecule has 1 aliphatic rings. The molecule has 0 aliphatic heterocycles. The van der Waals surface area contributed by atoms with Gasteiger partial charge in [0.15, 0.2) is 5.78 Å². The summed E-state index contributed by atoms with van der Waals surface area (Å²) in [7, 11) is 0. The highest BCUT2D eigenvalue weighted by molar-refractivity contribution is 6.09. The number of pyridine rings is 1. The summed E-state index contributed by atoms with van der Waals surface area (Å²) in [4.78, 5) is 17.1. The fourth-order valence-electron chi connectivity index (χ4n) is 3.29. The van der Waals surface area contributed by atoms with Crippen molar-refractivity contribution in [2.24, 2.45) is 5.92 Å². The van der Waals surface area contributed by atoms with E-state index in [-0.39, 0.29) is 11.7 Å². The summed E-state index contributed by atoms with van der Waals surface area (Å²) in [5.41, 5.74) is 3.43. The number of fused-ring (bicyclic) bond motifs is 2. The van der Waals surface area contributed by atoms with Crippen molar-refractivity contribution in [2.45, 2.75) is 12.8 Å². The maximum atomic E-state index is 12.9. The molecule has 1 heterocycles. The van der Waals surface area contributed by atoms with Crippen molar-refractivity contribution >= 4 is 16.6 Å². The van der Waals surface area contributed by atoms with E-state index < -0.39 is 0 Å². The lowest BCUT2D eigenvalue weighted by atomic mass is 9.92. The van der Waals surface area contributed by atoms with Crippen LogP contribution in [0.25, 0.3) is 10.8 Å². The third kappa shape index (κ3) is 2.04. The highest BCUT2D eigenvalue weighted by Crippen LogP contribution is 2.30. The molecular formula is C19H15NO. The average molecular weight is 273 g/mol. The maximum absolute atomic E-state index is 12.9. The number of aromatic nitrogens is 1. The molecular weight excluding hydrogens is 258 g/mol. The number of Topliss-reactive ketones (excluding diaryl/α,β-unsaturated/α-hetero) is 1. The number of carbonyl (C=O) groups excluding carboxylic acids is 1. The van der Waals surface area contributed by atoms with Crippen LogP contribution in [0.3, 0.4) is 0 Å². The summed E-state index contributed by atoms with van der Waals surface area (Å²) >= 11 is 0. The van der Waals surface area contributed by atoms with E-state index >= 15 is 0 Å². The van der Waals surface area contributed by atoms with Crippen LogP contribution in [0.4, 0.5) is 0 Å². The van der Waals surface area contributed by atoms with E-state index in [1.165, 1.54) is 11.1 Å². The molecule has 0 saturated heterocycles. The lowest BCUT2D eigenvalue weighted by molar-refractivity contribution is 0.0926. The first-order chi connectivity index (χ1) is 10.3. The van der Waals surface area contributed by atoms with E-state index in [2.05, 4.69) is 17.1 Å². The molecule has 2 heteroatoms. The molecule has 0 saturated carbocycles. The van der Waals surface area contributed by atoms with Gasteiger partial charge in [-0.15, -0.1) is 0 Å². The Kier molecular flexibility index (Phi) is 2.81.